The summed E-state index contributed by atoms with van der Waals surface area (Å²) in [5.74, 6) is -0.606. The van der Waals surface area contributed by atoms with E-state index in [0.717, 1.165) is 82.4 Å². The van der Waals surface area contributed by atoms with E-state index < -0.39 is 17.9 Å². The molecule has 2 aromatic heterocycles. The second kappa shape index (κ2) is 15.3. The zero-order chi connectivity index (χ0) is 38.2. The summed E-state index contributed by atoms with van der Waals surface area (Å²) in [5, 5.41) is 10.3. The van der Waals surface area contributed by atoms with Crippen molar-refractivity contribution in [2.45, 2.75) is 76.0 Å². The average Bonchev–Trinajstić information content (AvgIpc) is 3.89. The molecule has 6 amide bonds. The van der Waals surface area contributed by atoms with Crippen LogP contribution in [0.3, 0.4) is 0 Å². The minimum absolute atomic E-state index is 0.0495. The summed E-state index contributed by atoms with van der Waals surface area (Å²) in [6.45, 7) is 6.03. The fourth-order valence-corrected chi connectivity index (χ4v) is 8.75. The summed E-state index contributed by atoms with van der Waals surface area (Å²) in [6.07, 6.45) is 11.3. The molecule has 1 unspecified atom stereocenters. The number of aryl methyl sites for hydroxylation is 1. The molecule has 0 saturated carbocycles. The van der Waals surface area contributed by atoms with Crippen molar-refractivity contribution in [3.8, 4) is 0 Å². The van der Waals surface area contributed by atoms with Gasteiger partial charge in [0.25, 0.3) is 11.8 Å². The van der Waals surface area contributed by atoms with Crippen molar-refractivity contribution in [3.05, 3.63) is 59.2 Å². The van der Waals surface area contributed by atoms with E-state index in [1.807, 2.05) is 35.0 Å². The third kappa shape index (κ3) is 7.44. The molecule has 55 heavy (non-hydrogen) atoms. The number of nitrogens with zero attached hydrogens (tertiary/aromatic N) is 9. The highest BCUT2D eigenvalue weighted by atomic mass is 16.2. The molecule has 8 rings (SSSR count). The molecule has 4 saturated heterocycles. The number of imide groups is 1. The molecule has 7 heterocycles. The van der Waals surface area contributed by atoms with Crippen LogP contribution in [0.25, 0.3) is 0 Å². The molecule has 1 aromatic carbocycles. The van der Waals surface area contributed by atoms with Crippen LogP contribution in [0.15, 0.2) is 36.8 Å². The van der Waals surface area contributed by atoms with Gasteiger partial charge in [-0.1, -0.05) is 12.1 Å². The van der Waals surface area contributed by atoms with Gasteiger partial charge in [-0.2, -0.15) is 5.10 Å². The van der Waals surface area contributed by atoms with Crippen molar-refractivity contribution in [3.63, 3.8) is 0 Å². The van der Waals surface area contributed by atoms with Crippen molar-refractivity contribution in [2.24, 2.45) is 5.73 Å². The van der Waals surface area contributed by atoms with Gasteiger partial charge >= 0.3 is 6.03 Å². The lowest BCUT2D eigenvalue weighted by Gasteiger charge is -2.37. The van der Waals surface area contributed by atoms with Crippen LogP contribution in [-0.4, -0.2) is 134 Å². The quantitative estimate of drug-likeness (QED) is 0.242. The first-order chi connectivity index (χ1) is 26.6. The highest BCUT2D eigenvalue weighted by Gasteiger charge is 2.40. The number of nitrogens with one attached hydrogen (secondary N) is 2. The van der Waals surface area contributed by atoms with Crippen LogP contribution in [0.2, 0.25) is 0 Å². The number of hydrogen-bond donors (Lipinski definition) is 3. The molecule has 4 fully saturated rings. The molecule has 3 aromatic rings. The number of nitrogens with two attached hydrogens (primary N) is 1. The topological polar surface area (TPSA) is 195 Å². The van der Waals surface area contributed by atoms with Crippen molar-refractivity contribution in [2.75, 3.05) is 63.1 Å². The summed E-state index contributed by atoms with van der Waals surface area (Å²) in [7, 11) is 1.83. The predicted octanol–water partition coefficient (Wildman–Crippen LogP) is 1.88. The second-order valence-electron chi connectivity index (χ2n) is 15.3. The third-order valence-corrected chi connectivity index (χ3v) is 11.8. The van der Waals surface area contributed by atoms with Crippen LogP contribution in [0, 0.1) is 0 Å². The lowest BCUT2D eigenvalue weighted by Crippen LogP contribution is -2.52. The van der Waals surface area contributed by atoms with E-state index in [1.54, 1.807) is 22.2 Å². The molecular formula is C38H48N12O5. The molecule has 0 spiro atoms. The Labute approximate surface area is 319 Å². The molecule has 17 nitrogen and oxygen atoms in total. The number of aromatic nitrogens is 4. The van der Waals surface area contributed by atoms with Crippen LogP contribution in [0.1, 0.15) is 83.0 Å². The number of fused-ring (bicyclic) bond motifs is 1. The zero-order valence-electron chi connectivity index (χ0n) is 31.2. The number of carbonyl (C=O) groups excluding carboxylic acids is 5. The predicted molar refractivity (Wildman–Crippen MR) is 202 cm³/mol. The minimum Gasteiger partial charge on any atom is -0.364 e. The van der Waals surface area contributed by atoms with E-state index in [9.17, 15) is 24.0 Å². The van der Waals surface area contributed by atoms with Gasteiger partial charge in [-0.05, 0) is 68.7 Å². The van der Waals surface area contributed by atoms with Gasteiger partial charge < -0.3 is 35.6 Å². The summed E-state index contributed by atoms with van der Waals surface area (Å²) in [6, 6.07) is 5.57. The smallest absolute Gasteiger partial charge is 0.320 e. The van der Waals surface area contributed by atoms with E-state index in [1.165, 1.54) is 0 Å². The number of rotatable bonds is 11. The first kappa shape index (κ1) is 36.4. The van der Waals surface area contributed by atoms with Crippen LogP contribution in [0.5, 0.6) is 0 Å². The summed E-state index contributed by atoms with van der Waals surface area (Å²) in [5.41, 5.74) is 9.21. The van der Waals surface area contributed by atoms with Crippen molar-refractivity contribution in [1.82, 2.24) is 44.7 Å². The molecule has 0 radical (unpaired) electrons. The first-order valence-electron chi connectivity index (χ1n) is 19.4. The maximum atomic E-state index is 13.2. The number of anilines is 3. The first-order valence-corrected chi connectivity index (χ1v) is 19.4. The summed E-state index contributed by atoms with van der Waals surface area (Å²) < 4.78 is 1.97. The number of amides is 6. The van der Waals surface area contributed by atoms with Gasteiger partial charge in [0.2, 0.25) is 11.8 Å². The maximum Gasteiger partial charge on any atom is 0.320 e. The van der Waals surface area contributed by atoms with Gasteiger partial charge in [-0.25, -0.2) is 14.8 Å². The van der Waals surface area contributed by atoms with Crippen molar-refractivity contribution < 1.29 is 24.0 Å². The Morgan fingerprint density at radius 2 is 1.82 bits per heavy atom. The standard InChI is InChI=1S/C38H48N12O5/c1-45-17-18-48(38(45)55)27-7-4-14-47(22-27)31-20-40-33(34(39)52)35(43-31)42-25-19-41-50(21-25)26-11-15-46(16-12-26)13-3-6-24-5-2-8-28-29(24)23-49(37(28)54)30-9-10-32(51)44-36(30)53/h2,5,8,19-21,26-27,30H,3-4,6-7,9-18,22-23H2,1H3,(H2,39,52)(H,42,43)(H,44,51,53)/t27-,30?/m0/s1. The van der Waals surface area contributed by atoms with E-state index in [4.69, 9.17) is 10.7 Å². The monoisotopic (exact) mass is 752 g/mol. The van der Waals surface area contributed by atoms with Crippen LogP contribution < -0.4 is 21.3 Å². The van der Waals surface area contributed by atoms with Gasteiger partial charge in [-0.3, -0.25) is 29.2 Å². The van der Waals surface area contributed by atoms with E-state index in [0.29, 0.717) is 43.1 Å². The Balaban J connectivity index is 0.840. The molecule has 0 aliphatic carbocycles. The minimum atomic E-state index is -0.678. The highest BCUT2D eigenvalue weighted by molar-refractivity contribution is 6.05. The zero-order valence-corrected chi connectivity index (χ0v) is 31.2. The number of primary amides is 1. The molecule has 0 bridgehead atoms. The number of benzene rings is 1. The van der Waals surface area contributed by atoms with Crippen LogP contribution in [0.4, 0.5) is 22.1 Å². The number of piperidine rings is 3. The Morgan fingerprint density at radius 1 is 0.982 bits per heavy atom. The molecule has 2 atom stereocenters. The van der Waals surface area contributed by atoms with Crippen LogP contribution >= 0.6 is 0 Å². The molecule has 4 N–H and O–H groups in total. The largest absolute Gasteiger partial charge is 0.364 e. The summed E-state index contributed by atoms with van der Waals surface area (Å²) >= 11 is 0. The molecule has 5 aliphatic heterocycles. The molecule has 290 valence electrons. The average molecular weight is 753 g/mol. The van der Waals surface area contributed by atoms with E-state index in [-0.39, 0.29) is 47.9 Å². The van der Waals surface area contributed by atoms with Crippen molar-refractivity contribution in [1.29, 1.82) is 0 Å². The van der Waals surface area contributed by atoms with Crippen molar-refractivity contribution >= 4 is 47.0 Å². The number of hydrogen-bond acceptors (Lipinski definition) is 11. The Morgan fingerprint density at radius 3 is 2.58 bits per heavy atom. The van der Waals surface area contributed by atoms with Gasteiger partial charge in [0.1, 0.15) is 11.9 Å². The van der Waals surface area contributed by atoms with Gasteiger partial charge in [0.15, 0.2) is 11.5 Å². The number of carbonyl (C=O) groups is 5. The van der Waals surface area contributed by atoms with Gasteiger partial charge in [0, 0.05) is 71.0 Å². The van der Waals surface area contributed by atoms with E-state index in [2.05, 4.69) is 36.6 Å². The number of likely N-dealkylation sites (tertiary alicyclic amines) is 1. The Kier molecular flexibility index (Phi) is 10.1. The lowest BCUT2D eigenvalue weighted by molar-refractivity contribution is -0.136. The highest BCUT2D eigenvalue weighted by Crippen LogP contribution is 2.32. The number of likely N-dealkylation sites (N-methyl/N-ethyl adjacent to an activating group) is 1. The molecular weight excluding hydrogens is 704 g/mol. The third-order valence-electron chi connectivity index (χ3n) is 11.8. The summed E-state index contributed by atoms with van der Waals surface area (Å²) in [4.78, 5) is 81.4. The Bertz CT molecular complexity index is 1990. The maximum absolute atomic E-state index is 13.2. The van der Waals surface area contributed by atoms with Gasteiger partial charge in [0.05, 0.1) is 30.2 Å². The normalized spacial score (nSPS) is 22.4. The molecule has 17 heteroatoms. The van der Waals surface area contributed by atoms with Crippen LogP contribution in [-0.2, 0) is 22.6 Å². The lowest BCUT2D eigenvalue weighted by atomic mass is 9.99. The van der Waals surface area contributed by atoms with Gasteiger partial charge in [-0.15, -0.1) is 0 Å². The number of urea groups is 1. The Hall–Kier alpha value is -5.58. The second-order valence-corrected chi connectivity index (χ2v) is 15.3. The fraction of sp³-hybridized carbons (Fsp3) is 0.526. The fourth-order valence-electron chi connectivity index (χ4n) is 8.75. The van der Waals surface area contributed by atoms with E-state index >= 15 is 0 Å². The SMILES string of the molecule is CN1CCN([C@H]2CCCN(c3cnc(C(N)=O)c(Nc4cnn(C5CCN(CCCc6cccc7c6CN(C6CCC(=O)NC6=O)C7=O)CC5)c4)n3)C2)C1=O. The molecule has 5 aliphatic rings.